The molecule has 0 unspecified atom stereocenters. The fraction of sp³-hybridized carbons (Fsp3) is 0.462. The number of likely N-dealkylation sites (tertiary alicyclic amines) is 1. The van der Waals surface area contributed by atoms with E-state index in [2.05, 4.69) is 47.6 Å². The predicted octanol–water partition coefficient (Wildman–Crippen LogP) is 6.87. The zero-order valence-corrected chi connectivity index (χ0v) is 43.0. The number of anilines is 1. The predicted molar refractivity (Wildman–Crippen MR) is 274 cm³/mol. The Morgan fingerprint density at radius 3 is 2.55 bits per heavy atom. The lowest BCUT2D eigenvalue weighted by molar-refractivity contribution is -0.145. The van der Waals surface area contributed by atoms with Crippen LogP contribution in [0.1, 0.15) is 106 Å². The Balaban J connectivity index is 0.769. The highest BCUT2D eigenvalue weighted by molar-refractivity contribution is 7.14. The summed E-state index contributed by atoms with van der Waals surface area (Å²) < 4.78 is 22.8. The summed E-state index contributed by atoms with van der Waals surface area (Å²) in [5.74, 6) is -1.19. The average molecular weight is 1030 g/mol. The Morgan fingerprint density at radius 1 is 1.04 bits per heavy atom. The molecule has 5 aromatic heterocycles. The molecule has 382 valence electrons. The first kappa shape index (κ1) is 51.0. The van der Waals surface area contributed by atoms with Crippen LogP contribution in [0.3, 0.4) is 0 Å². The summed E-state index contributed by atoms with van der Waals surface area (Å²) in [6, 6.07) is 13.3. The smallest absolute Gasteiger partial charge is 0.258 e. The van der Waals surface area contributed by atoms with Crippen LogP contribution in [0, 0.1) is 23.7 Å². The number of ether oxygens (including phenoxy) is 1. The minimum absolute atomic E-state index is 0.00329. The lowest BCUT2D eigenvalue weighted by Crippen LogP contribution is -2.59. The second kappa shape index (κ2) is 21.3. The van der Waals surface area contributed by atoms with Crippen molar-refractivity contribution in [2.45, 2.75) is 128 Å². The van der Waals surface area contributed by atoms with E-state index in [1.165, 1.54) is 22.4 Å². The van der Waals surface area contributed by atoms with Crippen LogP contribution in [-0.4, -0.2) is 114 Å². The molecule has 4 amide bonds. The highest BCUT2D eigenvalue weighted by Crippen LogP contribution is 2.41. The second-order valence-corrected chi connectivity index (χ2v) is 22.1. The Hall–Kier alpha value is -6.89. The number of aromatic nitrogens is 6. The van der Waals surface area contributed by atoms with Crippen LogP contribution in [-0.2, 0) is 25.7 Å². The van der Waals surface area contributed by atoms with Crippen LogP contribution in [0.5, 0.6) is 5.75 Å². The van der Waals surface area contributed by atoms with Gasteiger partial charge >= 0.3 is 0 Å². The summed E-state index contributed by atoms with van der Waals surface area (Å²) in [6.07, 6.45) is 6.62. The molecular formula is C52H59FN12O6S2. The molecule has 3 fully saturated rings. The molecule has 5 N–H and O–H groups in total. The molecule has 2 saturated carbocycles. The van der Waals surface area contributed by atoms with Gasteiger partial charge in [-0.3, -0.25) is 24.2 Å². The quantitative estimate of drug-likeness (QED) is 0.0587. The molecule has 73 heavy (non-hydrogen) atoms. The summed E-state index contributed by atoms with van der Waals surface area (Å²) in [7, 11) is 1.85. The van der Waals surface area contributed by atoms with Gasteiger partial charge in [0.05, 0.1) is 63.0 Å². The number of pyridine rings is 1. The van der Waals surface area contributed by atoms with Gasteiger partial charge in [0.1, 0.15) is 28.9 Å². The Bertz CT molecular complexity index is 3080. The molecular weight excluding hydrogens is 972 g/mol. The Labute approximate surface area is 430 Å². The van der Waals surface area contributed by atoms with Gasteiger partial charge in [0.2, 0.25) is 17.7 Å². The van der Waals surface area contributed by atoms with Gasteiger partial charge in [0.15, 0.2) is 10.7 Å². The minimum atomic E-state index is -1.99. The van der Waals surface area contributed by atoms with Crippen molar-refractivity contribution in [3.63, 3.8) is 0 Å². The number of aryl methyl sites for hydroxylation is 1. The van der Waals surface area contributed by atoms with Crippen molar-refractivity contribution in [1.82, 2.24) is 50.6 Å². The maximum atomic E-state index is 14.7. The highest BCUT2D eigenvalue weighted by Gasteiger charge is 2.53. The number of hydrogen-bond acceptors (Lipinski definition) is 15. The van der Waals surface area contributed by atoms with Crippen LogP contribution in [0.25, 0.3) is 37.9 Å². The van der Waals surface area contributed by atoms with Crippen molar-refractivity contribution >= 4 is 57.5 Å². The van der Waals surface area contributed by atoms with Gasteiger partial charge < -0.3 is 36.0 Å². The first-order valence-corrected chi connectivity index (χ1v) is 26.3. The average Bonchev–Trinajstić information content (AvgIpc) is 3.86. The van der Waals surface area contributed by atoms with Gasteiger partial charge in [0.25, 0.3) is 5.91 Å². The minimum Gasteiger partial charge on any atom is -0.493 e. The number of nitrogens with one attached hydrogen (secondary N) is 4. The van der Waals surface area contributed by atoms with Crippen LogP contribution in [0.2, 0.25) is 0 Å². The molecule has 1 aliphatic heterocycles. The maximum Gasteiger partial charge on any atom is 0.258 e. The molecule has 9 rings (SSSR count). The topological polar surface area (TPSA) is 242 Å². The number of β-amino-alcohol motifs (C(OH)–C–C–N with tert-alkyl or cyclic N) is 1. The molecule has 21 heteroatoms. The molecule has 0 spiro atoms. The number of aliphatic hydroxyl groups excluding tert-OH is 1. The number of alkyl halides is 1. The summed E-state index contributed by atoms with van der Waals surface area (Å²) in [5, 5.41) is 47.3. The maximum absolute atomic E-state index is 14.7. The SMILES string of the molecule is CNc1cc(-c2ccc3cc(C#N)cnn23)ncc1-c1nnc(C2CCC(NC(=O)CCCOc3cc(-c4scnc4C)ccc3CNC(=O)[C@@H]3C[C@@H](O)CN3C(=O)[C@@H](NC(=O)C3(F)CC3)C(C)(C)C)CC2)s1. The second-order valence-electron chi connectivity index (χ2n) is 20.2. The zero-order chi connectivity index (χ0) is 51.6. The highest BCUT2D eigenvalue weighted by atomic mass is 32.1. The van der Waals surface area contributed by atoms with Gasteiger partial charge in [-0.2, -0.15) is 10.4 Å². The molecule has 6 heterocycles. The molecule has 0 bridgehead atoms. The molecule has 2 aliphatic carbocycles. The van der Waals surface area contributed by atoms with Crippen molar-refractivity contribution in [2.75, 3.05) is 25.5 Å². The van der Waals surface area contributed by atoms with Crippen molar-refractivity contribution in [3.05, 3.63) is 82.2 Å². The van der Waals surface area contributed by atoms with Crippen molar-refractivity contribution in [3.8, 4) is 44.2 Å². The van der Waals surface area contributed by atoms with Crippen LogP contribution in [0.4, 0.5) is 10.1 Å². The Kier molecular flexibility index (Phi) is 14.9. The summed E-state index contributed by atoms with van der Waals surface area (Å²) in [6.45, 7) is 7.38. The molecule has 1 aromatic carbocycles. The van der Waals surface area contributed by atoms with Gasteiger partial charge in [-0.15, -0.1) is 21.5 Å². The van der Waals surface area contributed by atoms with E-state index in [1.807, 2.05) is 50.4 Å². The first-order valence-electron chi connectivity index (χ1n) is 24.6. The third-order valence-corrected chi connectivity index (χ3v) is 16.0. The number of hydrogen-bond donors (Lipinski definition) is 5. The van der Waals surface area contributed by atoms with Gasteiger partial charge in [-0.25, -0.2) is 13.9 Å². The Morgan fingerprint density at radius 2 is 1.84 bits per heavy atom. The number of fused-ring (bicyclic) bond motifs is 1. The number of halogens is 1. The number of thiazole rings is 1. The summed E-state index contributed by atoms with van der Waals surface area (Å²) in [5.41, 5.74) is 5.92. The molecule has 18 nitrogen and oxygen atoms in total. The molecule has 1 saturated heterocycles. The van der Waals surface area contributed by atoms with E-state index in [0.29, 0.717) is 23.3 Å². The van der Waals surface area contributed by atoms with Crippen LogP contribution >= 0.6 is 22.7 Å². The van der Waals surface area contributed by atoms with E-state index in [4.69, 9.17) is 9.72 Å². The lowest BCUT2D eigenvalue weighted by atomic mass is 9.85. The van der Waals surface area contributed by atoms with E-state index < -0.39 is 47.0 Å². The van der Waals surface area contributed by atoms with E-state index in [9.17, 15) is 33.9 Å². The number of nitriles is 1. The van der Waals surface area contributed by atoms with Gasteiger partial charge in [-0.05, 0) is 93.2 Å². The third-order valence-electron chi connectivity index (χ3n) is 13.9. The zero-order valence-electron chi connectivity index (χ0n) is 41.4. The number of amides is 4. The number of carbonyl (C=O) groups is 4. The van der Waals surface area contributed by atoms with Crippen molar-refractivity contribution in [2.24, 2.45) is 5.41 Å². The van der Waals surface area contributed by atoms with Gasteiger partial charge in [0, 0.05) is 62.4 Å². The van der Waals surface area contributed by atoms with E-state index >= 15 is 0 Å². The fourth-order valence-electron chi connectivity index (χ4n) is 9.51. The largest absolute Gasteiger partial charge is 0.493 e. The van der Waals surface area contributed by atoms with Gasteiger partial charge in [-0.1, -0.05) is 44.2 Å². The standard InChI is InChI=1S/C52H59FN12O6S2/c1-29-44(72-28-58-29)32-8-9-33(25-57-46(68)41-21-36(66)27-64(41)49(69)45(51(2,3)4)61-50(70)52(53)16-17-52)42(20-32)71-18-6-7-43(67)60-34-12-10-31(11-13-34)47-62-63-48(73-47)37-26-56-39(22-38(37)55-5)40-15-14-35-19-30(23-54)24-59-65(35)40/h8-9,14-15,19-20,22,24,26,28,31,34,36,41,45,66H,6-7,10-13,16-18,21,25,27H2,1-5H3,(H,55,56)(H,57,68)(H,60,67)(H,61,70)/t31?,34?,36-,41+,45-/m1/s1. The number of carbonyl (C=O) groups excluding carboxylic acids is 4. The van der Waals surface area contributed by atoms with Crippen molar-refractivity contribution < 1.29 is 33.4 Å². The van der Waals surface area contributed by atoms with E-state index in [0.717, 1.165) is 80.0 Å². The van der Waals surface area contributed by atoms with Crippen LogP contribution < -0.4 is 26.0 Å². The first-order chi connectivity index (χ1) is 35.0. The van der Waals surface area contributed by atoms with E-state index in [1.54, 1.807) is 54.4 Å². The lowest BCUT2D eigenvalue weighted by Gasteiger charge is -2.35. The fourth-order valence-corrected chi connectivity index (χ4v) is 11.3. The van der Waals surface area contributed by atoms with Crippen molar-refractivity contribution in [1.29, 1.82) is 5.26 Å². The summed E-state index contributed by atoms with van der Waals surface area (Å²) in [4.78, 5) is 65.2. The number of aliphatic hydroxyl groups is 1. The molecule has 3 aliphatic rings. The number of nitrogens with zero attached hydrogens (tertiary/aromatic N) is 8. The molecule has 0 radical (unpaired) electrons. The molecule has 3 atom stereocenters. The monoisotopic (exact) mass is 1030 g/mol. The third kappa shape index (κ3) is 11.4. The van der Waals surface area contributed by atoms with Crippen LogP contribution in [0.15, 0.2) is 60.4 Å². The summed E-state index contributed by atoms with van der Waals surface area (Å²) >= 11 is 3.06. The normalized spacial score (nSPS) is 19.7. The van der Waals surface area contributed by atoms with E-state index in [-0.39, 0.29) is 63.2 Å². The molecule has 6 aromatic rings. The number of rotatable bonds is 17. The number of benzene rings is 1.